The van der Waals surface area contributed by atoms with Gasteiger partial charge in [0.15, 0.2) is 5.69 Å². The number of rotatable bonds is 3. The van der Waals surface area contributed by atoms with E-state index in [4.69, 9.17) is 23.2 Å². The van der Waals surface area contributed by atoms with Gasteiger partial charge in [0.05, 0.1) is 18.3 Å². The molecule has 4 nitrogen and oxygen atoms in total. The summed E-state index contributed by atoms with van der Waals surface area (Å²) < 4.78 is 18.5. The van der Waals surface area contributed by atoms with E-state index in [9.17, 15) is 9.18 Å². The van der Waals surface area contributed by atoms with Crippen molar-refractivity contribution in [2.75, 3.05) is 7.11 Å². The molecule has 7 heteroatoms. The van der Waals surface area contributed by atoms with Crippen molar-refractivity contribution in [2.24, 2.45) is 5.10 Å². The van der Waals surface area contributed by atoms with Gasteiger partial charge in [0.1, 0.15) is 11.0 Å². The predicted octanol–water partition coefficient (Wildman–Crippen LogP) is 3.60. The molecule has 0 N–H and O–H groups in total. The van der Waals surface area contributed by atoms with Crippen LogP contribution in [0, 0.1) is 5.82 Å². The third-order valence-electron chi connectivity index (χ3n) is 2.46. The molecule has 0 saturated heterocycles. The largest absolute Gasteiger partial charge is 0.464 e. The molecule has 0 unspecified atom stereocenters. The number of esters is 1. The van der Waals surface area contributed by atoms with Gasteiger partial charge < -0.3 is 4.74 Å². The Morgan fingerprint density at radius 2 is 2.00 bits per heavy atom. The van der Waals surface area contributed by atoms with E-state index in [2.05, 4.69) is 9.84 Å². The molecule has 104 valence electrons. The summed E-state index contributed by atoms with van der Waals surface area (Å²) in [7, 11) is 1.24. The molecule has 1 aromatic carbocycles. The molecule has 0 aliphatic carbocycles. The maximum atomic E-state index is 12.8. The molecule has 0 aliphatic heterocycles. The zero-order valence-electron chi connectivity index (χ0n) is 10.3. The molecule has 0 fully saturated rings. The predicted molar refractivity (Wildman–Crippen MR) is 75.2 cm³/mol. The van der Waals surface area contributed by atoms with Crippen molar-refractivity contribution in [3.05, 3.63) is 57.6 Å². The average molecular weight is 315 g/mol. The molecule has 20 heavy (non-hydrogen) atoms. The lowest BCUT2D eigenvalue weighted by Crippen LogP contribution is -2.07. The number of benzene rings is 1. The van der Waals surface area contributed by atoms with Crippen molar-refractivity contribution in [1.29, 1.82) is 0 Å². The Kier molecular flexibility index (Phi) is 4.42. The van der Waals surface area contributed by atoms with Gasteiger partial charge in [-0.05, 0) is 23.8 Å². The number of hydrogen-bond donors (Lipinski definition) is 0. The van der Waals surface area contributed by atoms with E-state index in [1.165, 1.54) is 43.7 Å². The molecule has 1 aromatic heterocycles. The Hall–Kier alpha value is -1.85. The Labute approximate surface area is 124 Å². The highest BCUT2D eigenvalue weighted by Gasteiger charge is 2.18. The molecule has 0 spiro atoms. The van der Waals surface area contributed by atoms with Gasteiger partial charge >= 0.3 is 5.97 Å². The fraction of sp³-hybridized carbons (Fsp3) is 0.0769. The quantitative estimate of drug-likeness (QED) is 0.641. The fourth-order valence-corrected chi connectivity index (χ4v) is 1.86. The van der Waals surface area contributed by atoms with E-state index in [0.29, 0.717) is 5.56 Å². The second-order valence-corrected chi connectivity index (χ2v) is 4.53. The zero-order chi connectivity index (χ0) is 14.7. The highest BCUT2D eigenvalue weighted by molar-refractivity contribution is 6.41. The smallest absolute Gasteiger partial charge is 0.356 e. The SMILES string of the molecule is COC(=O)c1cc(Cl)c(Cl)n1N=Cc1ccc(F)cc1. The summed E-state index contributed by atoms with van der Waals surface area (Å²) in [4.78, 5) is 11.6. The summed E-state index contributed by atoms with van der Waals surface area (Å²) in [6, 6.07) is 7.03. The number of ether oxygens (including phenoxy) is 1. The number of methoxy groups -OCH3 is 1. The minimum atomic E-state index is -0.616. The van der Waals surface area contributed by atoms with Crippen molar-refractivity contribution in [3.8, 4) is 0 Å². The van der Waals surface area contributed by atoms with E-state index in [-0.39, 0.29) is 21.7 Å². The van der Waals surface area contributed by atoms with Crippen LogP contribution in [0.15, 0.2) is 35.4 Å². The first kappa shape index (κ1) is 14.6. The molecular weight excluding hydrogens is 306 g/mol. The van der Waals surface area contributed by atoms with E-state index < -0.39 is 5.97 Å². The molecule has 0 radical (unpaired) electrons. The van der Waals surface area contributed by atoms with Gasteiger partial charge in [0.2, 0.25) is 0 Å². The topological polar surface area (TPSA) is 43.6 Å². The maximum absolute atomic E-state index is 12.8. The molecule has 0 aliphatic rings. The highest BCUT2D eigenvalue weighted by atomic mass is 35.5. The Morgan fingerprint density at radius 1 is 1.35 bits per heavy atom. The first-order chi connectivity index (χ1) is 9.52. The fourth-order valence-electron chi connectivity index (χ4n) is 1.48. The van der Waals surface area contributed by atoms with Crippen LogP contribution in [0.5, 0.6) is 0 Å². The van der Waals surface area contributed by atoms with Crippen molar-refractivity contribution in [3.63, 3.8) is 0 Å². The number of carbonyl (C=O) groups is 1. The standard InChI is InChI=1S/C13H9Cl2FN2O2/c1-20-13(19)11-6-10(14)12(15)18(11)17-7-8-2-4-9(16)5-3-8/h2-7H,1H3. The van der Waals surface area contributed by atoms with Crippen molar-refractivity contribution >= 4 is 35.4 Å². The molecule has 1 heterocycles. The van der Waals surface area contributed by atoms with Crippen LogP contribution in [0.4, 0.5) is 4.39 Å². The Morgan fingerprint density at radius 3 is 2.60 bits per heavy atom. The van der Waals surface area contributed by atoms with E-state index in [0.717, 1.165) is 4.68 Å². The Bertz CT molecular complexity index is 666. The van der Waals surface area contributed by atoms with Gasteiger partial charge in [-0.2, -0.15) is 5.10 Å². The van der Waals surface area contributed by atoms with Gasteiger partial charge in [0.25, 0.3) is 0 Å². The van der Waals surface area contributed by atoms with Crippen LogP contribution in [0.1, 0.15) is 16.1 Å². The lowest BCUT2D eigenvalue weighted by atomic mass is 10.2. The third kappa shape index (κ3) is 3.00. The van der Waals surface area contributed by atoms with E-state index in [1.807, 2.05) is 0 Å². The average Bonchev–Trinajstić information content (AvgIpc) is 2.73. The molecule has 0 amide bonds. The lowest BCUT2D eigenvalue weighted by molar-refractivity contribution is 0.0589. The van der Waals surface area contributed by atoms with E-state index >= 15 is 0 Å². The summed E-state index contributed by atoms with van der Waals surface area (Å²) in [6.45, 7) is 0. The summed E-state index contributed by atoms with van der Waals surface area (Å²) in [6.07, 6.45) is 1.42. The van der Waals surface area contributed by atoms with Gasteiger partial charge in [-0.25, -0.2) is 13.9 Å². The Balaban J connectivity index is 2.37. The van der Waals surface area contributed by atoms with Crippen LogP contribution in [-0.2, 0) is 4.74 Å². The number of hydrogen-bond acceptors (Lipinski definition) is 3. The second-order valence-electron chi connectivity index (χ2n) is 3.77. The summed E-state index contributed by atoms with van der Waals surface area (Å²) in [5.74, 6) is -0.963. The molecule has 2 rings (SSSR count). The number of nitrogens with zero attached hydrogens (tertiary/aromatic N) is 2. The first-order valence-electron chi connectivity index (χ1n) is 5.48. The molecule has 0 saturated carbocycles. The van der Waals surface area contributed by atoms with Crippen molar-refractivity contribution in [1.82, 2.24) is 4.68 Å². The number of halogens is 3. The summed E-state index contributed by atoms with van der Waals surface area (Å²) in [5.41, 5.74) is 0.740. The summed E-state index contributed by atoms with van der Waals surface area (Å²) in [5, 5.41) is 4.32. The first-order valence-corrected chi connectivity index (χ1v) is 6.23. The third-order valence-corrected chi connectivity index (χ3v) is 3.21. The molecule has 2 aromatic rings. The van der Waals surface area contributed by atoms with Crippen LogP contribution >= 0.6 is 23.2 Å². The molecule has 0 atom stereocenters. The van der Waals surface area contributed by atoms with Crippen LogP contribution in [-0.4, -0.2) is 24.0 Å². The van der Waals surface area contributed by atoms with Crippen LogP contribution in [0.3, 0.4) is 0 Å². The van der Waals surface area contributed by atoms with Crippen LogP contribution < -0.4 is 0 Å². The van der Waals surface area contributed by atoms with Gasteiger partial charge in [-0.1, -0.05) is 35.3 Å². The van der Waals surface area contributed by atoms with Gasteiger partial charge in [-0.15, -0.1) is 0 Å². The normalized spacial score (nSPS) is 11.0. The van der Waals surface area contributed by atoms with Crippen LogP contribution in [0.2, 0.25) is 10.2 Å². The van der Waals surface area contributed by atoms with Crippen LogP contribution in [0.25, 0.3) is 0 Å². The number of aromatic nitrogens is 1. The van der Waals surface area contributed by atoms with Gasteiger partial charge in [-0.3, -0.25) is 0 Å². The highest BCUT2D eigenvalue weighted by Crippen LogP contribution is 2.26. The zero-order valence-corrected chi connectivity index (χ0v) is 11.8. The van der Waals surface area contributed by atoms with E-state index in [1.54, 1.807) is 0 Å². The molecular formula is C13H9Cl2FN2O2. The maximum Gasteiger partial charge on any atom is 0.356 e. The lowest BCUT2D eigenvalue weighted by Gasteiger charge is -2.02. The molecule has 0 bridgehead atoms. The second kappa shape index (κ2) is 6.07. The van der Waals surface area contributed by atoms with Crippen molar-refractivity contribution < 1.29 is 13.9 Å². The monoisotopic (exact) mass is 314 g/mol. The van der Waals surface area contributed by atoms with Crippen molar-refractivity contribution in [2.45, 2.75) is 0 Å². The minimum Gasteiger partial charge on any atom is -0.464 e. The van der Waals surface area contributed by atoms with Gasteiger partial charge in [0, 0.05) is 0 Å². The minimum absolute atomic E-state index is 0.0884. The number of carbonyl (C=O) groups excluding carboxylic acids is 1. The summed E-state index contributed by atoms with van der Waals surface area (Å²) >= 11 is 11.8.